The van der Waals surface area contributed by atoms with Crippen LogP contribution in [0.15, 0.2) is 77.7 Å². The number of hydrogen-bond donors (Lipinski definition) is 2. The molecule has 0 fully saturated rings. The Morgan fingerprint density at radius 1 is 1.00 bits per heavy atom. The Balaban J connectivity index is 1.91. The van der Waals surface area contributed by atoms with Crippen molar-refractivity contribution in [2.24, 2.45) is 0 Å². The van der Waals surface area contributed by atoms with Gasteiger partial charge in [-0.1, -0.05) is 55.5 Å². The maximum absolute atomic E-state index is 13.2. The largest absolute Gasteiger partial charge is 0.399 e. The first-order valence-corrected chi connectivity index (χ1v) is 9.93. The van der Waals surface area contributed by atoms with Gasteiger partial charge < -0.3 is 11.1 Å². The highest BCUT2D eigenvalue weighted by Crippen LogP contribution is 2.37. The van der Waals surface area contributed by atoms with E-state index in [9.17, 15) is 4.79 Å². The fourth-order valence-electron chi connectivity index (χ4n) is 2.97. The minimum atomic E-state index is -0.348. The Hall–Kier alpha value is -2.72. The maximum atomic E-state index is 13.2. The Kier molecular flexibility index (Phi) is 6.20. The van der Waals surface area contributed by atoms with Crippen molar-refractivity contribution in [1.82, 2.24) is 0 Å². The highest BCUT2D eigenvalue weighted by Gasteiger charge is 2.23. The maximum Gasteiger partial charge on any atom is 0.242 e. The Morgan fingerprint density at radius 2 is 1.70 bits per heavy atom. The molecular weight excluding hydrogens is 352 g/mol. The molecule has 3 rings (SSSR count). The van der Waals surface area contributed by atoms with Crippen LogP contribution in [0.1, 0.15) is 28.9 Å². The minimum absolute atomic E-state index is 0.0213. The summed E-state index contributed by atoms with van der Waals surface area (Å²) in [7, 11) is 0. The number of aryl methyl sites for hydroxylation is 2. The van der Waals surface area contributed by atoms with E-state index in [1.807, 2.05) is 73.7 Å². The first kappa shape index (κ1) is 19.1. The molecule has 27 heavy (non-hydrogen) atoms. The van der Waals surface area contributed by atoms with E-state index in [2.05, 4.69) is 18.3 Å². The summed E-state index contributed by atoms with van der Waals surface area (Å²) in [6, 6.07) is 23.6. The number of nitrogens with two attached hydrogens (primary N) is 1. The Labute approximate surface area is 165 Å². The highest BCUT2D eigenvalue weighted by molar-refractivity contribution is 8.00. The molecule has 0 radical (unpaired) electrons. The van der Waals surface area contributed by atoms with Gasteiger partial charge in [0.05, 0.1) is 0 Å². The molecule has 1 unspecified atom stereocenters. The van der Waals surface area contributed by atoms with Crippen molar-refractivity contribution in [3.05, 3.63) is 89.5 Å². The number of rotatable bonds is 6. The van der Waals surface area contributed by atoms with E-state index in [0.717, 1.165) is 33.7 Å². The average Bonchev–Trinajstić information content (AvgIpc) is 2.69. The van der Waals surface area contributed by atoms with Crippen LogP contribution in [-0.2, 0) is 11.2 Å². The van der Waals surface area contributed by atoms with Crippen molar-refractivity contribution in [3.63, 3.8) is 0 Å². The fourth-order valence-corrected chi connectivity index (χ4v) is 4.00. The van der Waals surface area contributed by atoms with E-state index in [1.165, 1.54) is 11.8 Å². The molecule has 3 N–H and O–H groups in total. The van der Waals surface area contributed by atoms with Crippen LogP contribution >= 0.6 is 11.8 Å². The van der Waals surface area contributed by atoms with Crippen LogP contribution in [0.5, 0.6) is 0 Å². The molecule has 3 nitrogen and oxygen atoms in total. The van der Waals surface area contributed by atoms with Gasteiger partial charge in [0, 0.05) is 16.3 Å². The predicted molar refractivity (Wildman–Crippen MR) is 115 cm³/mol. The molecule has 0 aliphatic carbocycles. The smallest absolute Gasteiger partial charge is 0.242 e. The molecule has 0 saturated heterocycles. The number of benzene rings is 3. The molecule has 1 amide bonds. The van der Waals surface area contributed by atoms with Crippen LogP contribution in [0.3, 0.4) is 0 Å². The number of carbonyl (C=O) groups is 1. The van der Waals surface area contributed by atoms with E-state index in [-0.39, 0.29) is 11.2 Å². The summed E-state index contributed by atoms with van der Waals surface area (Å²) >= 11 is 1.53. The minimum Gasteiger partial charge on any atom is -0.399 e. The van der Waals surface area contributed by atoms with Crippen molar-refractivity contribution in [2.45, 2.75) is 30.4 Å². The topological polar surface area (TPSA) is 55.1 Å². The zero-order valence-electron chi connectivity index (χ0n) is 15.6. The fraction of sp³-hybridized carbons (Fsp3) is 0.174. The Bertz CT molecular complexity index is 907. The molecule has 0 spiro atoms. The van der Waals surface area contributed by atoms with Gasteiger partial charge in [0.2, 0.25) is 5.91 Å². The van der Waals surface area contributed by atoms with Gasteiger partial charge >= 0.3 is 0 Å². The van der Waals surface area contributed by atoms with Gasteiger partial charge in [-0.05, 0) is 54.3 Å². The molecular formula is C23H24N2OS. The van der Waals surface area contributed by atoms with Gasteiger partial charge in [0.1, 0.15) is 5.25 Å². The monoisotopic (exact) mass is 376 g/mol. The van der Waals surface area contributed by atoms with E-state index >= 15 is 0 Å². The molecule has 3 aromatic rings. The number of carbonyl (C=O) groups excluding carboxylic acids is 1. The van der Waals surface area contributed by atoms with Gasteiger partial charge in [-0.2, -0.15) is 0 Å². The first-order valence-electron chi connectivity index (χ1n) is 9.05. The number of anilines is 2. The molecule has 138 valence electrons. The van der Waals surface area contributed by atoms with Gasteiger partial charge in [-0.15, -0.1) is 11.8 Å². The summed E-state index contributed by atoms with van der Waals surface area (Å²) in [4.78, 5) is 14.3. The third kappa shape index (κ3) is 4.72. The van der Waals surface area contributed by atoms with Gasteiger partial charge in [-0.25, -0.2) is 0 Å². The lowest BCUT2D eigenvalue weighted by Gasteiger charge is -2.19. The van der Waals surface area contributed by atoms with Crippen LogP contribution in [0.2, 0.25) is 0 Å². The number of hydrogen-bond acceptors (Lipinski definition) is 3. The molecule has 3 aromatic carbocycles. The summed E-state index contributed by atoms with van der Waals surface area (Å²) in [5.74, 6) is -0.0213. The number of para-hydroxylation sites is 1. The average molecular weight is 377 g/mol. The van der Waals surface area contributed by atoms with E-state index < -0.39 is 0 Å². The van der Waals surface area contributed by atoms with Crippen molar-refractivity contribution < 1.29 is 4.79 Å². The molecule has 4 heteroatoms. The molecule has 0 heterocycles. The number of amides is 1. The summed E-state index contributed by atoms with van der Waals surface area (Å²) in [5.41, 5.74) is 10.6. The van der Waals surface area contributed by atoms with Gasteiger partial charge in [0.25, 0.3) is 0 Å². The zero-order valence-corrected chi connectivity index (χ0v) is 16.4. The van der Waals surface area contributed by atoms with Crippen LogP contribution in [0.4, 0.5) is 11.4 Å². The molecule has 0 saturated carbocycles. The van der Waals surface area contributed by atoms with Crippen LogP contribution in [0, 0.1) is 6.92 Å². The van der Waals surface area contributed by atoms with Crippen molar-refractivity contribution in [1.29, 1.82) is 0 Å². The molecule has 1 atom stereocenters. The normalized spacial score (nSPS) is 11.8. The van der Waals surface area contributed by atoms with Crippen molar-refractivity contribution in [3.8, 4) is 0 Å². The van der Waals surface area contributed by atoms with E-state index in [4.69, 9.17) is 5.73 Å². The quantitative estimate of drug-likeness (QED) is 0.434. The third-order valence-electron chi connectivity index (χ3n) is 4.46. The summed E-state index contributed by atoms with van der Waals surface area (Å²) in [6.07, 6.45) is 0.873. The van der Waals surface area contributed by atoms with Gasteiger partial charge in [0.15, 0.2) is 0 Å². The second-order valence-electron chi connectivity index (χ2n) is 6.43. The van der Waals surface area contributed by atoms with Crippen LogP contribution in [-0.4, -0.2) is 5.91 Å². The number of nitrogens with one attached hydrogen (secondary N) is 1. The summed E-state index contributed by atoms with van der Waals surface area (Å²) < 4.78 is 0. The molecule has 0 aliphatic rings. The first-order chi connectivity index (χ1) is 13.1. The third-order valence-corrected chi connectivity index (χ3v) is 5.73. The second kappa shape index (κ2) is 8.78. The predicted octanol–water partition coefficient (Wildman–Crippen LogP) is 5.61. The second-order valence-corrected chi connectivity index (χ2v) is 7.61. The summed E-state index contributed by atoms with van der Waals surface area (Å²) in [6.45, 7) is 4.13. The standard InChI is InChI=1S/C23H24N2OS/c1-3-17-11-7-8-16(2)21(17)25-23(26)22(18-9-5-4-6-10-18)27-20-14-12-19(24)13-15-20/h4-15,22H,3,24H2,1-2H3,(H,25,26). The lowest BCUT2D eigenvalue weighted by molar-refractivity contribution is -0.115. The lowest BCUT2D eigenvalue weighted by atomic mass is 10.1. The summed E-state index contributed by atoms with van der Waals surface area (Å²) in [5, 5.41) is 2.83. The van der Waals surface area contributed by atoms with Crippen LogP contribution in [0.25, 0.3) is 0 Å². The number of thioether (sulfide) groups is 1. The van der Waals surface area contributed by atoms with Crippen molar-refractivity contribution in [2.75, 3.05) is 11.1 Å². The number of nitrogen functional groups attached to an aromatic ring is 1. The molecule has 0 aromatic heterocycles. The van der Waals surface area contributed by atoms with Gasteiger partial charge in [-0.3, -0.25) is 4.79 Å². The van der Waals surface area contributed by atoms with E-state index in [0.29, 0.717) is 5.69 Å². The zero-order chi connectivity index (χ0) is 19.2. The van der Waals surface area contributed by atoms with Crippen molar-refractivity contribution >= 4 is 29.0 Å². The molecule has 0 aliphatic heterocycles. The molecule has 0 bridgehead atoms. The SMILES string of the molecule is CCc1cccc(C)c1NC(=O)C(Sc1ccc(N)cc1)c1ccccc1. The van der Waals surface area contributed by atoms with E-state index in [1.54, 1.807) is 0 Å². The van der Waals surface area contributed by atoms with Crippen LogP contribution < -0.4 is 11.1 Å². The Morgan fingerprint density at radius 3 is 2.37 bits per heavy atom. The highest BCUT2D eigenvalue weighted by atomic mass is 32.2. The lowest BCUT2D eigenvalue weighted by Crippen LogP contribution is -2.20.